The molecule has 0 bridgehead atoms. The summed E-state index contributed by atoms with van der Waals surface area (Å²) in [5.74, 6) is 0.420. The number of unbranched alkanes of at least 4 members (excludes halogenated alkanes) is 12. The van der Waals surface area contributed by atoms with Crippen LogP contribution in [0.1, 0.15) is 121 Å². The molecule has 4 nitrogen and oxygen atoms in total. The van der Waals surface area contributed by atoms with E-state index in [1.54, 1.807) is 0 Å². The third kappa shape index (κ3) is 18.9. The minimum Gasteiger partial charge on any atom is -0.748 e. The molecule has 0 aliphatic carbocycles. The van der Waals surface area contributed by atoms with E-state index >= 15 is 0 Å². The number of ether oxygens (including phenoxy) is 1. The second kappa shape index (κ2) is 21.2. The van der Waals surface area contributed by atoms with Gasteiger partial charge in [0, 0.05) is 5.75 Å². The zero-order valence-corrected chi connectivity index (χ0v) is 24.5. The first-order valence-electron chi connectivity index (χ1n) is 13.1. The summed E-state index contributed by atoms with van der Waals surface area (Å²) in [6.07, 6.45) is 20.8. The van der Waals surface area contributed by atoms with Crippen molar-refractivity contribution in [3.8, 4) is 5.75 Å². The van der Waals surface area contributed by atoms with Crippen molar-refractivity contribution >= 4 is 10.1 Å². The molecule has 0 atom stereocenters. The van der Waals surface area contributed by atoms with Gasteiger partial charge in [-0.05, 0) is 55.4 Å². The molecule has 0 aromatic heterocycles. The van der Waals surface area contributed by atoms with Gasteiger partial charge in [0.2, 0.25) is 0 Å². The molecule has 0 radical (unpaired) electrons. The Morgan fingerprint density at radius 3 is 1.70 bits per heavy atom. The van der Waals surface area contributed by atoms with Gasteiger partial charge in [-0.2, -0.15) is 0 Å². The Balaban J connectivity index is 0.0000102. The predicted molar refractivity (Wildman–Crippen MR) is 135 cm³/mol. The average Bonchev–Trinajstić information content (AvgIpc) is 2.76. The monoisotopic (exact) mass is 490 g/mol. The van der Waals surface area contributed by atoms with E-state index < -0.39 is 10.1 Å². The molecule has 1 aromatic carbocycles. The van der Waals surface area contributed by atoms with E-state index in [9.17, 15) is 13.0 Å². The molecule has 0 N–H and O–H groups in total. The minimum absolute atomic E-state index is 0. The van der Waals surface area contributed by atoms with Crippen LogP contribution in [0, 0.1) is 0 Å². The van der Waals surface area contributed by atoms with Gasteiger partial charge in [-0.1, -0.05) is 97.0 Å². The Bertz CT molecular complexity index is 691. The molecule has 0 aliphatic heterocycles. The topological polar surface area (TPSA) is 66.4 Å². The van der Waals surface area contributed by atoms with E-state index in [-0.39, 0.29) is 48.3 Å². The Morgan fingerprint density at radius 1 is 0.697 bits per heavy atom. The molecule has 186 valence electrons. The maximum Gasteiger partial charge on any atom is 1.00 e. The number of rotatable bonds is 21. The maximum absolute atomic E-state index is 10.8. The molecule has 0 spiro atoms. The Labute approximate surface area is 226 Å². The fourth-order valence-corrected chi connectivity index (χ4v) is 4.61. The van der Waals surface area contributed by atoms with Crippen LogP contribution in [0.2, 0.25) is 0 Å². The summed E-state index contributed by atoms with van der Waals surface area (Å²) in [5.41, 5.74) is 2.80. The summed E-state index contributed by atoms with van der Waals surface area (Å²) in [6, 6.07) is 6.32. The van der Waals surface area contributed by atoms with Crippen molar-refractivity contribution in [1.29, 1.82) is 0 Å². The quantitative estimate of drug-likeness (QED) is 0.144. The van der Waals surface area contributed by atoms with Crippen molar-refractivity contribution in [2.75, 3.05) is 12.4 Å². The SMILES string of the molecule is CCCCCCCCCc1ccc(OCCCS(=O)(=O)[O-])cc1CCCCCCCCC.[Na+]. The summed E-state index contributed by atoms with van der Waals surface area (Å²) >= 11 is 0. The maximum atomic E-state index is 10.8. The second-order valence-corrected chi connectivity index (χ2v) is 10.7. The summed E-state index contributed by atoms with van der Waals surface area (Å²) in [5, 5.41) is 0. The minimum atomic E-state index is -4.17. The van der Waals surface area contributed by atoms with Gasteiger partial charge in [0.1, 0.15) is 5.75 Å². The zero-order valence-electron chi connectivity index (χ0n) is 21.7. The van der Waals surface area contributed by atoms with Crippen LogP contribution >= 0.6 is 0 Å². The van der Waals surface area contributed by atoms with E-state index in [1.165, 1.54) is 101 Å². The first-order chi connectivity index (χ1) is 15.5. The standard InChI is InChI=1S/C27H48O4S.Na/c1-3-5-7-9-11-13-15-18-25-20-21-27(31-22-17-23-32(28,29)30)24-26(25)19-16-14-12-10-8-6-4-2;/h20-21,24H,3-19,22-23H2,1-2H3,(H,28,29,30);/q;+1/p-1. The van der Waals surface area contributed by atoms with Gasteiger partial charge in [0.15, 0.2) is 0 Å². The Morgan fingerprint density at radius 2 is 1.18 bits per heavy atom. The van der Waals surface area contributed by atoms with E-state index in [2.05, 4.69) is 26.0 Å². The molecule has 0 amide bonds. The van der Waals surface area contributed by atoms with Gasteiger partial charge in [0.05, 0.1) is 16.7 Å². The molecule has 1 rings (SSSR count). The second-order valence-electron chi connectivity index (χ2n) is 9.14. The van der Waals surface area contributed by atoms with Crippen LogP contribution in [0.3, 0.4) is 0 Å². The average molecular weight is 491 g/mol. The molecular formula is C27H47NaO4S. The van der Waals surface area contributed by atoms with E-state index in [0.29, 0.717) is 0 Å². The van der Waals surface area contributed by atoms with Gasteiger partial charge >= 0.3 is 29.6 Å². The number of hydrogen-bond acceptors (Lipinski definition) is 4. The van der Waals surface area contributed by atoms with Crippen molar-refractivity contribution in [1.82, 2.24) is 0 Å². The Hall–Kier alpha value is -0.0700. The fraction of sp³-hybridized carbons (Fsp3) is 0.778. The molecular weight excluding hydrogens is 443 g/mol. The van der Waals surface area contributed by atoms with Crippen LogP contribution in [-0.4, -0.2) is 25.3 Å². The first kappa shape index (κ1) is 32.9. The zero-order chi connectivity index (χ0) is 23.5. The molecule has 0 heterocycles. The van der Waals surface area contributed by atoms with Gasteiger partial charge in [0.25, 0.3) is 0 Å². The predicted octanol–water partition coefficient (Wildman–Crippen LogP) is 4.59. The van der Waals surface area contributed by atoms with E-state index in [4.69, 9.17) is 4.74 Å². The molecule has 0 unspecified atom stereocenters. The van der Waals surface area contributed by atoms with Crippen molar-refractivity contribution in [2.45, 2.75) is 123 Å². The third-order valence-corrected chi connectivity index (χ3v) is 6.87. The number of aryl methyl sites for hydroxylation is 2. The summed E-state index contributed by atoms with van der Waals surface area (Å²) in [4.78, 5) is 0. The smallest absolute Gasteiger partial charge is 0.748 e. The molecule has 0 saturated heterocycles. The van der Waals surface area contributed by atoms with Crippen LogP contribution in [0.15, 0.2) is 18.2 Å². The normalized spacial score (nSPS) is 11.4. The largest absolute Gasteiger partial charge is 1.00 e. The number of benzene rings is 1. The van der Waals surface area contributed by atoms with Crippen LogP contribution < -0.4 is 34.3 Å². The first-order valence-corrected chi connectivity index (χ1v) is 14.7. The van der Waals surface area contributed by atoms with Crippen LogP contribution in [-0.2, 0) is 23.0 Å². The van der Waals surface area contributed by atoms with E-state index in [0.717, 1.165) is 18.6 Å². The molecule has 6 heteroatoms. The van der Waals surface area contributed by atoms with Gasteiger partial charge < -0.3 is 9.29 Å². The molecule has 33 heavy (non-hydrogen) atoms. The van der Waals surface area contributed by atoms with Crippen molar-refractivity contribution in [3.63, 3.8) is 0 Å². The van der Waals surface area contributed by atoms with Gasteiger partial charge in [-0.15, -0.1) is 0 Å². The van der Waals surface area contributed by atoms with Gasteiger partial charge in [-0.3, -0.25) is 0 Å². The van der Waals surface area contributed by atoms with Crippen molar-refractivity contribution in [3.05, 3.63) is 29.3 Å². The molecule has 1 aromatic rings. The summed E-state index contributed by atoms with van der Waals surface area (Å²) in [6.45, 7) is 4.77. The Kier molecular flexibility index (Phi) is 21.2. The molecule has 0 saturated carbocycles. The van der Waals surface area contributed by atoms with Crippen LogP contribution in [0.4, 0.5) is 0 Å². The third-order valence-electron chi connectivity index (χ3n) is 6.08. The van der Waals surface area contributed by atoms with Crippen molar-refractivity contribution in [2.24, 2.45) is 0 Å². The van der Waals surface area contributed by atoms with Crippen LogP contribution in [0.5, 0.6) is 5.75 Å². The van der Waals surface area contributed by atoms with Crippen molar-refractivity contribution < 1.29 is 47.3 Å². The number of hydrogen-bond donors (Lipinski definition) is 0. The fourth-order valence-electron chi connectivity index (χ4n) is 4.14. The van der Waals surface area contributed by atoms with E-state index in [1.807, 2.05) is 6.07 Å². The summed E-state index contributed by atoms with van der Waals surface area (Å²) in [7, 11) is -4.17. The van der Waals surface area contributed by atoms with Crippen LogP contribution in [0.25, 0.3) is 0 Å². The molecule has 0 fully saturated rings. The summed E-state index contributed by atoms with van der Waals surface area (Å²) < 4.78 is 38.0. The van der Waals surface area contributed by atoms with Gasteiger partial charge in [-0.25, -0.2) is 8.42 Å². The molecule has 0 aliphatic rings.